The lowest BCUT2D eigenvalue weighted by Crippen LogP contribution is -2.18. The number of ether oxygens (including phenoxy) is 2. The molecule has 142 valence electrons. The third-order valence-electron chi connectivity index (χ3n) is 3.94. The van der Waals surface area contributed by atoms with E-state index in [4.69, 9.17) is 25.9 Å². The summed E-state index contributed by atoms with van der Waals surface area (Å²) in [6.45, 7) is 0. The third-order valence-corrected chi connectivity index (χ3v) is 4.19. The molecule has 3 aromatic carbocycles. The van der Waals surface area contributed by atoms with Crippen molar-refractivity contribution in [3.8, 4) is 22.6 Å². The second-order valence-corrected chi connectivity index (χ2v) is 6.18. The number of halogens is 1. The maximum absolute atomic E-state index is 12.1. The molecule has 0 saturated carbocycles. The van der Waals surface area contributed by atoms with Gasteiger partial charge in [-0.05, 0) is 47.5 Å². The van der Waals surface area contributed by atoms with Crippen molar-refractivity contribution in [1.29, 1.82) is 0 Å². The van der Waals surface area contributed by atoms with E-state index < -0.39 is 5.97 Å². The van der Waals surface area contributed by atoms with Crippen LogP contribution in [-0.4, -0.2) is 25.9 Å². The molecule has 0 spiro atoms. The number of nitrogens with zero attached hydrogens (tertiary/aromatic N) is 1. The average molecular weight is 396 g/mol. The minimum absolute atomic E-state index is 0.0226. The Kier molecular flexibility index (Phi) is 6.29. The summed E-state index contributed by atoms with van der Waals surface area (Å²) in [5, 5.41) is 4.47. The zero-order valence-corrected chi connectivity index (χ0v) is 16.1. The molecule has 6 heteroatoms. The van der Waals surface area contributed by atoms with E-state index in [-0.39, 0.29) is 5.71 Å². The highest BCUT2D eigenvalue weighted by molar-refractivity contribution is 6.43. The molecule has 0 N–H and O–H groups in total. The van der Waals surface area contributed by atoms with Gasteiger partial charge in [-0.1, -0.05) is 53.2 Å². The fourth-order valence-electron chi connectivity index (χ4n) is 2.64. The minimum atomic E-state index is -0.618. The van der Waals surface area contributed by atoms with Crippen LogP contribution in [0.2, 0.25) is 5.02 Å². The van der Waals surface area contributed by atoms with Crippen molar-refractivity contribution in [1.82, 2.24) is 0 Å². The maximum atomic E-state index is 12.1. The third kappa shape index (κ3) is 4.50. The Labute approximate surface area is 168 Å². The molecule has 3 aromatic rings. The second kappa shape index (κ2) is 9.06. The average Bonchev–Trinajstić information content (AvgIpc) is 2.73. The Morgan fingerprint density at radius 1 is 0.893 bits per heavy atom. The molecule has 0 fully saturated rings. The van der Waals surface area contributed by atoms with Crippen LogP contribution in [0.4, 0.5) is 0 Å². The van der Waals surface area contributed by atoms with Crippen LogP contribution in [0.5, 0.6) is 11.5 Å². The summed E-state index contributed by atoms with van der Waals surface area (Å²) < 4.78 is 10.8. The standard InChI is InChI=1S/C22H18ClNO4/c1-26-22(25)21(24-27-2)19-8-3-4-9-20(19)28-18-7-5-6-16(14-18)15-10-12-17(23)13-11-15/h3-14H,1-2H3. The first kappa shape index (κ1) is 19.5. The van der Waals surface area contributed by atoms with E-state index in [0.717, 1.165) is 11.1 Å². The lowest BCUT2D eigenvalue weighted by Gasteiger charge is -2.12. The van der Waals surface area contributed by atoms with Gasteiger partial charge in [-0.3, -0.25) is 0 Å². The lowest BCUT2D eigenvalue weighted by atomic mass is 10.1. The maximum Gasteiger partial charge on any atom is 0.360 e. The van der Waals surface area contributed by atoms with Crippen molar-refractivity contribution in [3.63, 3.8) is 0 Å². The Bertz CT molecular complexity index is 999. The summed E-state index contributed by atoms with van der Waals surface area (Å²) in [6.07, 6.45) is 0. The van der Waals surface area contributed by atoms with Crippen LogP contribution in [-0.2, 0) is 14.4 Å². The van der Waals surface area contributed by atoms with E-state index in [1.165, 1.54) is 14.2 Å². The molecule has 0 radical (unpaired) electrons. The number of carbonyl (C=O) groups is 1. The summed E-state index contributed by atoms with van der Waals surface area (Å²) >= 11 is 5.96. The van der Waals surface area contributed by atoms with E-state index in [9.17, 15) is 4.79 Å². The van der Waals surface area contributed by atoms with Gasteiger partial charge in [0.25, 0.3) is 0 Å². The normalized spacial score (nSPS) is 11.0. The van der Waals surface area contributed by atoms with Crippen molar-refractivity contribution in [2.24, 2.45) is 5.16 Å². The molecule has 0 unspecified atom stereocenters. The molecule has 28 heavy (non-hydrogen) atoms. The molecular weight excluding hydrogens is 378 g/mol. The Morgan fingerprint density at radius 2 is 1.64 bits per heavy atom. The van der Waals surface area contributed by atoms with Crippen molar-refractivity contribution >= 4 is 23.3 Å². The number of rotatable bonds is 6. The number of hydrogen-bond donors (Lipinski definition) is 0. The highest BCUT2D eigenvalue weighted by Gasteiger charge is 2.20. The van der Waals surface area contributed by atoms with Gasteiger partial charge in [0.15, 0.2) is 5.71 Å². The number of methoxy groups -OCH3 is 1. The molecule has 0 atom stereocenters. The van der Waals surface area contributed by atoms with E-state index in [0.29, 0.717) is 22.1 Å². The fraction of sp³-hybridized carbons (Fsp3) is 0.0909. The Balaban J connectivity index is 1.95. The minimum Gasteiger partial charge on any atom is -0.464 e. The monoisotopic (exact) mass is 395 g/mol. The summed E-state index contributed by atoms with van der Waals surface area (Å²) in [7, 11) is 2.65. The van der Waals surface area contributed by atoms with Crippen LogP contribution >= 0.6 is 11.6 Å². The van der Waals surface area contributed by atoms with Gasteiger partial charge in [-0.15, -0.1) is 0 Å². The Morgan fingerprint density at radius 3 is 2.36 bits per heavy atom. The van der Waals surface area contributed by atoms with Crippen LogP contribution < -0.4 is 4.74 Å². The highest BCUT2D eigenvalue weighted by Crippen LogP contribution is 2.30. The van der Waals surface area contributed by atoms with Gasteiger partial charge in [0.2, 0.25) is 0 Å². The molecular formula is C22H18ClNO4. The molecule has 0 aliphatic heterocycles. The summed E-state index contributed by atoms with van der Waals surface area (Å²) in [4.78, 5) is 16.9. The van der Waals surface area contributed by atoms with Crippen molar-refractivity contribution in [3.05, 3.63) is 83.4 Å². The Hall–Kier alpha value is -3.31. The number of hydrogen-bond acceptors (Lipinski definition) is 5. The number of esters is 1. The number of carbonyl (C=O) groups excluding carboxylic acids is 1. The van der Waals surface area contributed by atoms with Gasteiger partial charge in [0, 0.05) is 5.02 Å². The van der Waals surface area contributed by atoms with Gasteiger partial charge in [0.1, 0.15) is 18.6 Å². The number of benzene rings is 3. The molecule has 0 saturated heterocycles. The number of para-hydroxylation sites is 1. The largest absolute Gasteiger partial charge is 0.464 e. The van der Waals surface area contributed by atoms with Gasteiger partial charge in [-0.2, -0.15) is 0 Å². The predicted octanol–water partition coefficient (Wildman–Crippen LogP) is 5.32. The van der Waals surface area contributed by atoms with Crippen LogP contribution in [0, 0.1) is 0 Å². The van der Waals surface area contributed by atoms with E-state index in [2.05, 4.69) is 5.16 Å². The molecule has 0 amide bonds. The van der Waals surface area contributed by atoms with E-state index >= 15 is 0 Å². The lowest BCUT2D eigenvalue weighted by molar-refractivity contribution is -0.132. The zero-order chi connectivity index (χ0) is 19.9. The van der Waals surface area contributed by atoms with Crippen LogP contribution in [0.3, 0.4) is 0 Å². The molecule has 0 bridgehead atoms. The smallest absolute Gasteiger partial charge is 0.360 e. The van der Waals surface area contributed by atoms with Crippen molar-refractivity contribution < 1.29 is 19.1 Å². The molecule has 0 heterocycles. The van der Waals surface area contributed by atoms with Gasteiger partial charge in [0.05, 0.1) is 12.7 Å². The summed E-state index contributed by atoms with van der Waals surface area (Å²) in [5.74, 6) is 0.450. The van der Waals surface area contributed by atoms with Crippen molar-refractivity contribution in [2.75, 3.05) is 14.2 Å². The SMILES string of the molecule is CON=C(C(=O)OC)c1ccccc1Oc1cccc(-c2ccc(Cl)cc2)c1. The second-order valence-electron chi connectivity index (χ2n) is 5.75. The number of oxime groups is 1. The summed E-state index contributed by atoms with van der Waals surface area (Å²) in [6, 6.07) is 22.2. The predicted molar refractivity (Wildman–Crippen MR) is 109 cm³/mol. The van der Waals surface area contributed by atoms with Crippen LogP contribution in [0.25, 0.3) is 11.1 Å². The fourth-order valence-corrected chi connectivity index (χ4v) is 2.77. The van der Waals surface area contributed by atoms with Crippen LogP contribution in [0.1, 0.15) is 5.56 Å². The first-order chi connectivity index (χ1) is 13.6. The van der Waals surface area contributed by atoms with E-state index in [1.807, 2.05) is 54.6 Å². The van der Waals surface area contributed by atoms with Crippen LogP contribution in [0.15, 0.2) is 78.0 Å². The highest BCUT2D eigenvalue weighted by atomic mass is 35.5. The van der Waals surface area contributed by atoms with Gasteiger partial charge < -0.3 is 14.3 Å². The first-order valence-electron chi connectivity index (χ1n) is 8.45. The summed E-state index contributed by atoms with van der Waals surface area (Å²) in [5.41, 5.74) is 2.48. The first-order valence-corrected chi connectivity index (χ1v) is 8.83. The molecule has 3 rings (SSSR count). The molecule has 5 nitrogen and oxygen atoms in total. The quantitative estimate of drug-likeness (QED) is 0.322. The molecule has 0 aliphatic rings. The molecule has 0 aliphatic carbocycles. The van der Waals surface area contributed by atoms with Crippen molar-refractivity contribution in [2.45, 2.75) is 0 Å². The topological polar surface area (TPSA) is 57.1 Å². The molecule has 0 aromatic heterocycles. The van der Waals surface area contributed by atoms with E-state index in [1.54, 1.807) is 18.2 Å². The zero-order valence-electron chi connectivity index (χ0n) is 15.4. The van der Waals surface area contributed by atoms with Gasteiger partial charge >= 0.3 is 5.97 Å². The van der Waals surface area contributed by atoms with Gasteiger partial charge in [-0.25, -0.2) is 4.79 Å².